The van der Waals surface area contributed by atoms with Crippen LogP contribution in [0.2, 0.25) is 0 Å². The van der Waals surface area contributed by atoms with Crippen molar-refractivity contribution in [2.75, 3.05) is 0 Å². The largest absolute Gasteiger partial charge is 0.298 e. The molecule has 2 rings (SSSR count). The zero-order chi connectivity index (χ0) is 13.5. The maximum Gasteiger partial charge on any atom is 0.0615 e. The normalized spacial score (nSPS) is 30.2. The van der Waals surface area contributed by atoms with E-state index in [1.165, 1.54) is 24.2 Å². The lowest BCUT2D eigenvalue weighted by Crippen LogP contribution is -2.38. The Morgan fingerprint density at radius 1 is 1.32 bits per heavy atom. The number of hydrogen-bond donors (Lipinski definition) is 1. The summed E-state index contributed by atoms with van der Waals surface area (Å²) in [4.78, 5) is 1.53. The first kappa shape index (κ1) is 14.7. The van der Waals surface area contributed by atoms with Crippen LogP contribution in [0.1, 0.15) is 39.5 Å². The highest BCUT2D eigenvalue weighted by atomic mass is 32.2. The van der Waals surface area contributed by atoms with Gasteiger partial charge in [-0.15, -0.1) is 11.8 Å². The van der Waals surface area contributed by atoms with Crippen LogP contribution in [0.4, 0.5) is 0 Å². The average molecular weight is 275 g/mol. The first-order valence-corrected chi connectivity index (χ1v) is 8.31. The zero-order valence-electron chi connectivity index (χ0n) is 12.0. The van der Waals surface area contributed by atoms with Crippen LogP contribution in [0.25, 0.3) is 0 Å². The minimum atomic E-state index is 0.463. The van der Waals surface area contributed by atoms with E-state index >= 15 is 0 Å². The molecule has 0 aromatic rings. The van der Waals surface area contributed by atoms with E-state index in [9.17, 15) is 0 Å². The molecule has 0 saturated carbocycles. The van der Waals surface area contributed by atoms with Crippen LogP contribution in [-0.4, -0.2) is 11.4 Å². The number of allylic oxidation sites excluding steroid dienone is 4. The standard InChI is InChI=1S/C17H25NS/c1-3-5-11-15(4-2)19-17-13-8-10-14-9-6-7-12-16(14)18-17/h4,6-10,12,14,16-18H,3,5,11,13H2,1-2H3/b15-4+. The van der Waals surface area contributed by atoms with Gasteiger partial charge in [-0.3, -0.25) is 5.32 Å². The highest BCUT2D eigenvalue weighted by molar-refractivity contribution is 8.03. The van der Waals surface area contributed by atoms with Gasteiger partial charge in [0.1, 0.15) is 0 Å². The van der Waals surface area contributed by atoms with Crippen molar-refractivity contribution in [3.8, 4) is 0 Å². The lowest BCUT2D eigenvalue weighted by atomic mass is 9.95. The maximum absolute atomic E-state index is 3.78. The summed E-state index contributed by atoms with van der Waals surface area (Å²) in [6, 6.07) is 0.463. The summed E-state index contributed by atoms with van der Waals surface area (Å²) in [6.07, 6.45) is 20.8. The molecule has 0 spiro atoms. The molecule has 1 nitrogen and oxygen atoms in total. The van der Waals surface area contributed by atoms with Crippen molar-refractivity contribution in [1.29, 1.82) is 0 Å². The zero-order valence-corrected chi connectivity index (χ0v) is 12.8. The number of nitrogens with one attached hydrogen (secondary N) is 1. The van der Waals surface area contributed by atoms with Gasteiger partial charge in [0, 0.05) is 12.0 Å². The van der Waals surface area contributed by atoms with Crippen LogP contribution >= 0.6 is 11.8 Å². The van der Waals surface area contributed by atoms with Gasteiger partial charge in [0.2, 0.25) is 0 Å². The van der Waals surface area contributed by atoms with E-state index in [4.69, 9.17) is 0 Å². The van der Waals surface area contributed by atoms with Crippen molar-refractivity contribution in [1.82, 2.24) is 5.32 Å². The third kappa shape index (κ3) is 4.39. The Labute approximate surface area is 121 Å². The molecule has 1 heterocycles. The van der Waals surface area contributed by atoms with Gasteiger partial charge in [-0.1, -0.05) is 55.9 Å². The molecule has 3 unspecified atom stereocenters. The van der Waals surface area contributed by atoms with Gasteiger partial charge in [-0.05, 0) is 31.1 Å². The fraction of sp³-hybridized carbons (Fsp3) is 0.529. The fourth-order valence-electron chi connectivity index (χ4n) is 2.50. The highest BCUT2D eigenvalue weighted by Gasteiger charge is 2.22. The summed E-state index contributed by atoms with van der Waals surface area (Å²) in [5, 5.41) is 4.29. The number of thioether (sulfide) groups is 1. The van der Waals surface area contributed by atoms with E-state index in [0.717, 1.165) is 6.42 Å². The van der Waals surface area contributed by atoms with E-state index in [2.05, 4.69) is 61.7 Å². The second kappa shape index (κ2) is 7.76. The molecule has 104 valence electrons. The van der Waals surface area contributed by atoms with Gasteiger partial charge in [0.05, 0.1) is 5.37 Å². The molecule has 2 aliphatic rings. The third-order valence-corrected chi connectivity index (χ3v) is 5.01. The molecule has 0 aromatic carbocycles. The molecular formula is C17H25NS. The van der Waals surface area contributed by atoms with Crippen molar-refractivity contribution in [3.63, 3.8) is 0 Å². The monoisotopic (exact) mass is 275 g/mol. The lowest BCUT2D eigenvalue weighted by molar-refractivity contribution is 0.528. The van der Waals surface area contributed by atoms with Crippen molar-refractivity contribution in [3.05, 3.63) is 47.4 Å². The maximum atomic E-state index is 3.78. The second-order valence-corrected chi connectivity index (χ2v) is 6.50. The van der Waals surface area contributed by atoms with E-state index in [1.807, 2.05) is 11.8 Å². The van der Waals surface area contributed by atoms with Crippen molar-refractivity contribution in [2.45, 2.75) is 50.9 Å². The summed E-state index contributed by atoms with van der Waals surface area (Å²) < 4.78 is 0. The SMILES string of the molecule is C/C=C(\CCCC)SC1CC=CC2C=CC=CC2N1. The summed E-state index contributed by atoms with van der Waals surface area (Å²) in [5.41, 5.74) is 0. The molecule has 0 fully saturated rings. The van der Waals surface area contributed by atoms with Gasteiger partial charge >= 0.3 is 0 Å². The van der Waals surface area contributed by atoms with Gasteiger partial charge in [-0.25, -0.2) is 0 Å². The Morgan fingerprint density at radius 2 is 2.16 bits per heavy atom. The summed E-state index contributed by atoms with van der Waals surface area (Å²) in [5.74, 6) is 0.528. The Hall–Kier alpha value is -0.730. The number of hydrogen-bond acceptors (Lipinski definition) is 2. The Kier molecular flexibility index (Phi) is 5.99. The molecule has 1 N–H and O–H groups in total. The molecular weight excluding hydrogens is 250 g/mol. The minimum Gasteiger partial charge on any atom is -0.298 e. The summed E-state index contributed by atoms with van der Waals surface area (Å²) >= 11 is 2.02. The number of unbranched alkanes of at least 4 members (excludes halogenated alkanes) is 1. The van der Waals surface area contributed by atoms with Crippen LogP contribution in [0.15, 0.2) is 47.4 Å². The van der Waals surface area contributed by atoms with Crippen LogP contribution in [0.3, 0.4) is 0 Å². The molecule has 0 aromatic heterocycles. The summed E-state index contributed by atoms with van der Waals surface area (Å²) in [7, 11) is 0. The van der Waals surface area contributed by atoms with Crippen LogP contribution in [0.5, 0.6) is 0 Å². The number of rotatable bonds is 5. The minimum absolute atomic E-state index is 0.463. The van der Waals surface area contributed by atoms with Gasteiger partial charge < -0.3 is 0 Å². The van der Waals surface area contributed by atoms with E-state index < -0.39 is 0 Å². The molecule has 0 amide bonds. The fourth-order valence-corrected chi connectivity index (χ4v) is 3.70. The molecule has 0 saturated heterocycles. The third-order valence-electron chi connectivity index (χ3n) is 3.66. The van der Waals surface area contributed by atoms with E-state index in [1.54, 1.807) is 0 Å². The predicted octanol–water partition coefficient (Wildman–Crippen LogP) is 4.80. The first-order chi connectivity index (χ1) is 9.33. The molecule has 2 heteroatoms. The van der Waals surface area contributed by atoms with Crippen molar-refractivity contribution < 1.29 is 0 Å². The smallest absolute Gasteiger partial charge is 0.0615 e. The predicted molar refractivity (Wildman–Crippen MR) is 87.1 cm³/mol. The van der Waals surface area contributed by atoms with Crippen molar-refractivity contribution >= 4 is 11.8 Å². The van der Waals surface area contributed by atoms with Gasteiger partial charge in [0.15, 0.2) is 0 Å². The van der Waals surface area contributed by atoms with E-state index in [0.29, 0.717) is 17.3 Å². The van der Waals surface area contributed by atoms with Crippen LogP contribution in [-0.2, 0) is 0 Å². The molecule has 1 aliphatic carbocycles. The first-order valence-electron chi connectivity index (χ1n) is 7.43. The Balaban J connectivity index is 1.92. The molecule has 0 radical (unpaired) electrons. The van der Waals surface area contributed by atoms with Gasteiger partial charge in [0.25, 0.3) is 0 Å². The quantitative estimate of drug-likeness (QED) is 0.723. The highest BCUT2D eigenvalue weighted by Crippen LogP contribution is 2.30. The Morgan fingerprint density at radius 3 is 2.95 bits per heavy atom. The van der Waals surface area contributed by atoms with Gasteiger partial charge in [-0.2, -0.15) is 0 Å². The topological polar surface area (TPSA) is 12.0 Å². The van der Waals surface area contributed by atoms with Crippen LogP contribution < -0.4 is 5.32 Å². The molecule has 3 atom stereocenters. The number of fused-ring (bicyclic) bond motifs is 1. The van der Waals surface area contributed by atoms with E-state index in [-0.39, 0.29) is 0 Å². The molecule has 0 bridgehead atoms. The second-order valence-electron chi connectivity index (χ2n) is 5.17. The van der Waals surface area contributed by atoms with Crippen LogP contribution in [0, 0.1) is 5.92 Å². The summed E-state index contributed by atoms with van der Waals surface area (Å²) in [6.45, 7) is 4.42. The lowest BCUT2D eigenvalue weighted by Gasteiger charge is -2.25. The Bertz CT molecular complexity index is 392. The molecule has 1 aliphatic heterocycles. The average Bonchev–Trinajstić information content (AvgIpc) is 2.64. The van der Waals surface area contributed by atoms with Crippen molar-refractivity contribution in [2.24, 2.45) is 5.92 Å². The molecule has 19 heavy (non-hydrogen) atoms.